The third-order valence-electron chi connectivity index (χ3n) is 5.38. The van der Waals surface area contributed by atoms with Crippen LogP contribution in [0.25, 0.3) is 0 Å². The van der Waals surface area contributed by atoms with Crippen LogP contribution in [0.15, 0.2) is 71.2 Å². The molecule has 0 aliphatic heterocycles. The van der Waals surface area contributed by atoms with E-state index >= 15 is 0 Å². The number of hydrazine groups is 1. The topological polar surface area (TPSA) is 88.7 Å². The molecule has 0 atom stereocenters. The summed E-state index contributed by atoms with van der Waals surface area (Å²) >= 11 is 8.57. The maximum atomic E-state index is 12.6. The molecule has 0 bridgehead atoms. The Hall–Kier alpha value is -3.43. The van der Waals surface area contributed by atoms with Crippen molar-refractivity contribution in [2.45, 2.75) is 33.1 Å². The van der Waals surface area contributed by atoms with Gasteiger partial charge in [-0.1, -0.05) is 56.3 Å². The van der Waals surface area contributed by atoms with E-state index in [9.17, 15) is 9.59 Å². The first-order valence-electron chi connectivity index (χ1n) is 11.8. The van der Waals surface area contributed by atoms with Crippen molar-refractivity contribution in [2.24, 2.45) is 0 Å². The molecular weight excluding hydrogens is 554 g/mol. The molecule has 0 aliphatic carbocycles. The van der Waals surface area contributed by atoms with Gasteiger partial charge in [0.25, 0.3) is 11.8 Å². The van der Waals surface area contributed by atoms with Crippen LogP contribution < -0.4 is 25.6 Å². The van der Waals surface area contributed by atoms with Crippen molar-refractivity contribution >= 4 is 45.1 Å². The van der Waals surface area contributed by atoms with Crippen LogP contribution >= 0.6 is 28.1 Å². The molecule has 9 heteroatoms. The van der Waals surface area contributed by atoms with Gasteiger partial charge in [0.05, 0.1) is 11.1 Å². The number of thiocarbonyl (C=S) groups is 1. The third-order valence-corrected chi connectivity index (χ3v) is 6.20. The van der Waals surface area contributed by atoms with Crippen LogP contribution in [0.1, 0.15) is 46.8 Å². The molecule has 3 N–H and O–H groups in total. The highest BCUT2D eigenvalue weighted by molar-refractivity contribution is 9.10. The predicted molar refractivity (Wildman–Crippen MR) is 152 cm³/mol. The van der Waals surface area contributed by atoms with E-state index in [0.29, 0.717) is 28.1 Å². The van der Waals surface area contributed by atoms with Crippen molar-refractivity contribution in [1.82, 2.24) is 16.2 Å². The maximum Gasteiger partial charge on any atom is 0.276 e. The zero-order valence-electron chi connectivity index (χ0n) is 21.0. The molecule has 37 heavy (non-hydrogen) atoms. The Labute approximate surface area is 231 Å². The van der Waals surface area contributed by atoms with E-state index in [1.165, 1.54) is 5.56 Å². The first-order valence-corrected chi connectivity index (χ1v) is 13.0. The van der Waals surface area contributed by atoms with Gasteiger partial charge in [0.15, 0.2) is 11.7 Å². The van der Waals surface area contributed by atoms with E-state index < -0.39 is 11.8 Å². The molecule has 0 aliphatic rings. The summed E-state index contributed by atoms with van der Waals surface area (Å²) in [6, 6.07) is 21.0. The predicted octanol–water partition coefficient (Wildman–Crippen LogP) is 5.22. The van der Waals surface area contributed by atoms with Crippen molar-refractivity contribution in [3.63, 3.8) is 0 Å². The number of hydrogen-bond acceptors (Lipinski definition) is 5. The highest BCUT2D eigenvalue weighted by atomic mass is 79.9. The van der Waals surface area contributed by atoms with Crippen molar-refractivity contribution in [3.05, 3.63) is 93.5 Å². The number of carbonyl (C=O) groups excluding carboxylic acids is 2. The van der Waals surface area contributed by atoms with Crippen LogP contribution in [0.4, 0.5) is 0 Å². The number of nitrogens with one attached hydrogen (secondary N) is 3. The Morgan fingerprint density at radius 2 is 1.70 bits per heavy atom. The molecule has 7 nitrogen and oxygen atoms in total. The highest BCUT2D eigenvalue weighted by Crippen LogP contribution is 2.28. The zero-order chi connectivity index (χ0) is 26.8. The summed E-state index contributed by atoms with van der Waals surface area (Å²) in [5, 5.41) is 2.49. The lowest BCUT2D eigenvalue weighted by Gasteiger charge is -2.15. The lowest BCUT2D eigenvalue weighted by molar-refractivity contribution is -0.123. The summed E-state index contributed by atoms with van der Waals surface area (Å²) in [6.45, 7) is 6.39. The minimum Gasteiger partial charge on any atom is -0.492 e. The fraction of sp³-hybridized carbons (Fsp3) is 0.250. The van der Waals surface area contributed by atoms with Gasteiger partial charge >= 0.3 is 0 Å². The van der Waals surface area contributed by atoms with E-state index in [0.717, 1.165) is 17.5 Å². The number of hydrogen-bond donors (Lipinski definition) is 3. The van der Waals surface area contributed by atoms with Gasteiger partial charge in [-0.3, -0.25) is 25.8 Å². The molecule has 3 rings (SSSR count). The second-order valence-electron chi connectivity index (χ2n) is 8.67. The first-order chi connectivity index (χ1) is 17.7. The minimum atomic E-state index is -0.437. The molecule has 3 aromatic rings. The number of rotatable bonds is 9. The summed E-state index contributed by atoms with van der Waals surface area (Å²) in [7, 11) is 0. The quantitative estimate of drug-likeness (QED) is 0.236. The number of benzene rings is 3. The van der Waals surface area contributed by atoms with Gasteiger partial charge in [-0.2, -0.15) is 0 Å². The van der Waals surface area contributed by atoms with Gasteiger partial charge < -0.3 is 9.47 Å². The second-order valence-corrected chi connectivity index (χ2v) is 9.93. The van der Waals surface area contributed by atoms with Crippen LogP contribution in [-0.2, 0) is 11.2 Å². The van der Waals surface area contributed by atoms with Gasteiger partial charge in [0, 0.05) is 12.0 Å². The van der Waals surface area contributed by atoms with Crippen LogP contribution in [0.2, 0.25) is 0 Å². The Morgan fingerprint density at radius 1 is 0.946 bits per heavy atom. The summed E-state index contributed by atoms with van der Waals surface area (Å²) in [5.74, 6) is 0.691. The molecule has 3 aromatic carbocycles. The zero-order valence-corrected chi connectivity index (χ0v) is 23.4. The van der Waals surface area contributed by atoms with Gasteiger partial charge in [-0.25, -0.2) is 0 Å². The molecule has 0 radical (unpaired) electrons. The Kier molecular flexibility index (Phi) is 10.5. The number of halogens is 1. The smallest absolute Gasteiger partial charge is 0.276 e. The summed E-state index contributed by atoms with van der Waals surface area (Å²) in [6.07, 6.45) is 0.774. The minimum absolute atomic E-state index is 0.0453. The summed E-state index contributed by atoms with van der Waals surface area (Å²) in [5.41, 5.74) is 8.58. The van der Waals surface area contributed by atoms with E-state index in [1.807, 2.05) is 55.5 Å². The first kappa shape index (κ1) is 28.1. The summed E-state index contributed by atoms with van der Waals surface area (Å²) in [4.78, 5) is 24.8. The number of amides is 2. The number of ether oxygens (including phenoxy) is 2. The second kappa shape index (κ2) is 13.8. The molecule has 194 valence electrons. The highest BCUT2D eigenvalue weighted by Gasteiger charge is 2.13. The summed E-state index contributed by atoms with van der Waals surface area (Å²) < 4.78 is 12.2. The monoisotopic (exact) mass is 583 g/mol. The largest absolute Gasteiger partial charge is 0.492 e. The molecule has 0 saturated heterocycles. The molecule has 0 aromatic heterocycles. The van der Waals surface area contributed by atoms with Crippen molar-refractivity contribution in [3.8, 4) is 11.5 Å². The van der Waals surface area contributed by atoms with Gasteiger partial charge in [-0.05, 0) is 81.9 Å². The fourth-order valence-electron chi connectivity index (χ4n) is 3.44. The number of aryl methyl sites for hydroxylation is 1. The average molecular weight is 585 g/mol. The van der Waals surface area contributed by atoms with Crippen LogP contribution in [0, 0.1) is 6.92 Å². The van der Waals surface area contributed by atoms with Crippen LogP contribution in [0.5, 0.6) is 11.5 Å². The Morgan fingerprint density at radius 3 is 2.41 bits per heavy atom. The van der Waals surface area contributed by atoms with Crippen molar-refractivity contribution in [2.75, 3.05) is 13.2 Å². The SMILES string of the molecule is Cc1ccc(C(C)C)c(OCC(=O)NNC(=S)NC(=O)c2ccc(OCCc3ccccc3)c(Br)c2)c1. The van der Waals surface area contributed by atoms with Crippen molar-refractivity contribution < 1.29 is 19.1 Å². The lowest BCUT2D eigenvalue weighted by Crippen LogP contribution is -2.49. The normalized spacial score (nSPS) is 10.5. The Balaban J connectivity index is 1.43. The standard InChI is InChI=1S/C28H30BrN3O4S/c1-18(2)22-11-9-19(3)15-25(22)36-17-26(33)31-32-28(37)30-27(34)21-10-12-24(23(29)16-21)35-14-13-20-7-5-4-6-8-20/h4-12,15-16,18H,13-14,17H2,1-3H3,(H,31,33)(H2,30,32,34,37). The Bertz CT molecular complexity index is 1250. The molecule has 0 unspecified atom stereocenters. The van der Waals surface area contributed by atoms with E-state index in [4.69, 9.17) is 21.7 Å². The van der Waals surface area contributed by atoms with E-state index in [-0.39, 0.29) is 17.6 Å². The molecule has 0 saturated carbocycles. The van der Waals surface area contributed by atoms with Crippen LogP contribution in [-0.4, -0.2) is 30.1 Å². The molecular formula is C28H30BrN3O4S. The molecule has 0 fully saturated rings. The fourth-order valence-corrected chi connectivity index (χ4v) is 4.08. The molecule has 0 spiro atoms. The van der Waals surface area contributed by atoms with E-state index in [2.05, 4.69) is 45.9 Å². The molecule has 2 amide bonds. The van der Waals surface area contributed by atoms with Gasteiger partial charge in [0.2, 0.25) is 0 Å². The average Bonchev–Trinajstić information content (AvgIpc) is 2.87. The van der Waals surface area contributed by atoms with Crippen molar-refractivity contribution in [1.29, 1.82) is 0 Å². The molecule has 0 heterocycles. The van der Waals surface area contributed by atoms with E-state index in [1.54, 1.807) is 18.2 Å². The van der Waals surface area contributed by atoms with Gasteiger partial charge in [0.1, 0.15) is 11.5 Å². The van der Waals surface area contributed by atoms with Gasteiger partial charge in [-0.15, -0.1) is 0 Å². The lowest BCUT2D eigenvalue weighted by atomic mass is 10.0. The maximum absolute atomic E-state index is 12.6. The number of carbonyl (C=O) groups is 2. The van der Waals surface area contributed by atoms with Crippen LogP contribution in [0.3, 0.4) is 0 Å². The third kappa shape index (κ3) is 8.87.